The maximum atomic E-state index is 6.16. The van der Waals surface area contributed by atoms with Gasteiger partial charge in [0.2, 0.25) is 0 Å². The molecule has 2 heterocycles. The van der Waals surface area contributed by atoms with Crippen molar-refractivity contribution in [3.63, 3.8) is 0 Å². The van der Waals surface area contributed by atoms with Crippen LogP contribution in [0, 0.1) is 6.92 Å². The van der Waals surface area contributed by atoms with Crippen LogP contribution >= 0.6 is 0 Å². The van der Waals surface area contributed by atoms with Gasteiger partial charge in [0.1, 0.15) is 5.82 Å². The fraction of sp³-hybridized carbons (Fsp3) is 0.786. The van der Waals surface area contributed by atoms with E-state index >= 15 is 0 Å². The molecule has 0 amide bonds. The average molecular weight is 265 g/mol. The van der Waals surface area contributed by atoms with Crippen LogP contribution in [0.25, 0.3) is 0 Å². The molecule has 1 aliphatic rings. The summed E-state index contributed by atoms with van der Waals surface area (Å²) in [6.07, 6.45) is 3.39. The van der Waals surface area contributed by atoms with Gasteiger partial charge in [-0.25, -0.2) is 4.68 Å². The van der Waals surface area contributed by atoms with E-state index in [0.717, 1.165) is 49.6 Å². The van der Waals surface area contributed by atoms with Crippen molar-refractivity contribution >= 4 is 11.5 Å². The number of aromatic nitrogens is 2. The quantitative estimate of drug-likeness (QED) is 0.875. The molecule has 108 valence electrons. The van der Waals surface area contributed by atoms with Gasteiger partial charge in [-0.15, -0.1) is 0 Å². The van der Waals surface area contributed by atoms with Crippen LogP contribution in [0.2, 0.25) is 0 Å². The van der Waals surface area contributed by atoms with Crippen LogP contribution < -0.4 is 11.1 Å². The van der Waals surface area contributed by atoms with Crippen LogP contribution in [0.5, 0.6) is 0 Å². The van der Waals surface area contributed by atoms with Crippen molar-refractivity contribution in [3.8, 4) is 0 Å². The van der Waals surface area contributed by atoms with Gasteiger partial charge in [0, 0.05) is 25.2 Å². The van der Waals surface area contributed by atoms with Gasteiger partial charge in [-0.3, -0.25) is 0 Å². The van der Waals surface area contributed by atoms with Gasteiger partial charge in [0.05, 0.1) is 11.4 Å². The largest absolute Gasteiger partial charge is 0.394 e. The highest BCUT2D eigenvalue weighted by molar-refractivity contribution is 5.65. The van der Waals surface area contributed by atoms with Gasteiger partial charge in [-0.1, -0.05) is 6.92 Å². The predicted octanol–water partition coefficient (Wildman–Crippen LogP) is 2.08. The molecule has 0 aromatic carbocycles. The summed E-state index contributed by atoms with van der Waals surface area (Å²) in [5.74, 6) is 1.01. The molecule has 5 heteroatoms. The van der Waals surface area contributed by atoms with Gasteiger partial charge in [0.15, 0.2) is 0 Å². The molecular weight excluding hydrogens is 238 g/mol. The summed E-state index contributed by atoms with van der Waals surface area (Å²) >= 11 is 0. The highest BCUT2D eigenvalue weighted by Crippen LogP contribution is 2.26. The number of piperidine rings is 1. The first-order valence-corrected chi connectivity index (χ1v) is 7.32. The number of anilines is 2. The highest BCUT2D eigenvalue weighted by Gasteiger charge is 2.24. The van der Waals surface area contributed by atoms with E-state index < -0.39 is 0 Å². The van der Waals surface area contributed by atoms with Crippen LogP contribution in [0.15, 0.2) is 0 Å². The number of nitrogens with zero attached hydrogens (tertiary/aromatic N) is 3. The summed E-state index contributed by atoms with van der Waals surface area (Å²) in [5.41, 5.74) is 7.89. The second kappa shape index (κ2) is 5.82. The van der Waals surface area contributed by atoms with Crippen LogP contribution in [-0.2, 0) is 6.54 Å². The summed E-state index contributed by atoms with van der Waals surface area (Å²) in [4.78, 5) is 2.41. The fourth-order valence-electron chi connectivity index (χ4n) is 2.74. The maximum absolute atomic E-state index is 6.16. The minimum Gasteiger partial charge on any atom is -0.394 e. The zero-order valence-electron chi connectivity index (χ0n) is 12.6. The van der Waals surface area contributed by atoms with E-state index in [0.29, 0.717) is 12.1 Å². The predicted molar refractivity (Wildman–Crippen MR) is 80.4 cm³/mol. The topological polar surface area (TPSA) is 59.1 Å². The lowest BCUT2D eigenvalue weighted by molar-refractivity contribution is 0.189. The zero-order valence-corrected chi connectivity index (χ0v) is 12.6. The lowest BCUT2D eigenvalue weighted by Gasteiger charge is -2.35. The second-order valence-electron chi connectivity index (χ2n) is 5.77. The molecule has 2 atom stereocenters. The SMILES string of the molecule is CCCn1nc(C)c(N)c1NC1CCN(C)C(C)C1. The molecule has 5 nitrogen and oxygen atoms in total. The van der Waals surface area contributed by atoms with Crippen molar-refractivity contribution in [2.45, 2.75) is 58.7 Å². The summed E-state index contributed by atoms with van der Waals surface area (Å²) in [6.45, 7) is 8.48. The van der Waals surface area contributed by atoms with Crippen molar-refractivity contribution in [1.29, 1.82) is 0 Å². The van der Waals surface area contributed by atoms with E-state index in [9.17, 15) is 0 Å². The molecule has 1 aliphatic heterocycles. The summed E-state index contributed by atoms with van der Waals surface area (Å²) in [7, 11) is 2.20. The monoisotopic (exact) mass is 265 g/mol. The molecule has 19 heavy (non-hydrogen) atoms. The van der Waals surface area contributed by atoms with Gasteiger partial charge in [-0.2, -0.15) is 5.10 Å². The number of nitrogen functional groups attached to an aromatic ring is 1. The summed E-state index contributed by atoms with van der Waals surface area (Å²) in [5, 5.41) is 8.14. The van der Waals surface area contributed by atoms with Crippen molar-refractivity contribution in [2.75, 3.05) is 24.6 Å². The number of hydrogen-bond acceptors (Lipinski definition) is 4. The average Bonchev–Trinajstić information content (AvgIpc) is 2.62. The Bertz CT molecular complexity index is 426. The van der Waals surface area contributed by atoms with Crippen molar-refractivity contribution in [2.24, 2.45) is 0 Å². The Morgan fingerprint density at radius 3 is 2.84 bits per heavy atom. The Balaban J connectivity index is 2.10. The van der Waals surface area contributed by atoms with E-state index in [4.69, 9.17) is 5.73 Å². The first kappa shape index (κ1) is 14.2. The van der Waals surface area contributed by atoms with Crippen LogP contribution in [0.4, 0.5) is 11.5 Å². The first-order chi connectivity index (χ1) is 9.02. The van der Waals surface area contributed by atoms with Gasteiger partial charge in [0.25, 0.3) is 0 Å². The van der Waals surface area contributed by atoms with Crippen molar-refractivity contribution in [3.05, 3.63) is 5.69 Å². The smallest absolute Gasteiger partial charge is 0.148 e. The Morgan fingerprint density at radius 2 is 2.21 bits per heavy atom. The van der Waals surface area contributed by atoms with Gasteiger partial charge < -0.3 is 16.0 Å². The summed E-state index contributed by atoms with van der Waals surface area (Å²) in [6, 6.07) is 1.12. The standard InChI is InChI=1S/C14H27N5/c1-5-7-19-14(13(15)11(3)17-19)16-12-6-8-18(4)10(2)9-12/h10,12,16H,5-9,15H2,1-4H3. The molecule has 0 bridgehead atoms. The molecule has 1 saturated heterocycles. The lowest BCUT2D eigenvalue weighted by atomic mass is 9.99. The van der Waals surface area contributed by atoms with E-state index in [1.54, 1.807) is 0 Å². The molecule has 3 N–H and O–H groups in total. The molecule has 0 saturated carbocycles. The third-order valence-electron chi connectivity index (χ3n) is 4.16. The van der Waals surface area contributed by atoms with Crippen molar-refractivity contribution < 1.29 is 0 Å². The van der Waals surface area contributed by atoms with E-state index in [1.165, 1.54) is 0 Å². The van der Waals surface area contributed by atoms with Gasteiger partial charge >= 0.3 is 0 Å². The number of nitrogens with two attached hydrogens (primary N) is 1. The third-order valence-corrected chi connectivity index (χ3v) is 4.16. The molecule has 1 aromatic rings. The number of likely N-dealkylation sites (tertiary alicyclic amines) is 1. The molecule has 1 fully saturated rings. The Hall–Kier alpha value is -1.23. The number of nitrogens with one attached hydrogen (secondary N) is 1. The minimum atomic E-state index is 0.500. The maximum Gasteiger partial charge on any atom is 0.148 e. The second-order valence-corrected chi connectivity index (χ2v) is 5.77. The molecule has 2 rings (SSSR count). The lowest BCUT2D eigenvalue weighted by Crippen LogP contribution is -2.43. The third kappa shape index (κ3) is 3.03. The molecular formula is C14H27N5. The number of aryl methyl sites for hydroxylation is 2. The van der Waals surface area contributed by atoms with E-state index in [-0.39, 0.29) is 0 Å². The highest BCUT2D eigenvalue weighted by atomic mass is 15.3. The Labute approximate surface area is 116 Å². The number of rotatable bonds is 4. The van der Waals surface area contributed by atoms with E-state index in [2.05, 4.69) is 36.2 Å². The minimum absolute atomic E-state index is 0.500. The van der Waals surface area contributed by atoms with E-state index in [1.807, 2.05) is 11.6 Å². The molecule has 1 aromatic heterocycles. The molecule has 0 aliphatic carbocycles. The Kier molecular flexibility index (Phi) is 4.34. The molecule has 2 unspecified atom stereocenters. The van der Waals surface area contributed by atoms with Crippen LogP contribution in [-0.4, -0.2) is 40.4 Å². The summed E-state index contributed by atoms with van der Waals surface area (Å²) < 4.78 is 2.02. The van der Waals surface area contributed by atoms with Crippen molar-refractivity contribution in [1.82, 2.24) is 14.7 Å². The molecule has 0 radical (unpaired) electrons. The first-order valence-electron chi connectivity index (χ1n) is 7.32. The van der Waals surface area contributed by atoms with Gasteiger partial charge in [-0.05, 0) is 40.2 Å². The van der Waals surface area contributed by atoms with Crippen LogP contribution in [0.3, 0.4) is 0 Å². The normalized spacial score (nSPS) is 24.6. The Morgan fingerprint density at radius 1 is 1.47 bits per heavy atom. The number of hydrogen-bond donors (Lipinski definition) is 2. The molecule has 0 spiro atoms. The fourth-order valence-corrected chi connectivity index (χ4v) is 2.74. The zero-order chi connectivity index (χ0) is 14.0. The van der Waals surface area contributed by atoms with Crippen LogP contribution in [0.1, 0.15) is 38.8 Å².